The number of rotatable bonds is 6. The van der Waals surface area contributed by atoms with Crippen LogP contribution >= 0.6 is 11.8 Å². The Morgan fingerprint density at radius 3 is 2.42 bits per heavy atom. The van der Waals surface area contributed by atoms with Crippen LogP contribution in [0, 0.1) is 12.3 Å². The Bertz CT molecular complexity index is 458. The highest BCUT2D eigenvalue weighted by molar-refractivity contribution is 8.00. The number of hydrogen-bond donors (Lipinski definition) is 2. The molecular formula is C15H20N2OS. The Morgan fingerprint density at radius 1 is 1.37 bits per heavy atom. The zero-order chi connectivity index (χ0) is 14.3. The van der Waals surface area contributed by atoms with Gasteiger partial charge in [-0.2, -0.15) is 0 Å². The van der Waals surface area contributed by atoms with Gasteiger partial charge in [0, 0.05) is 10.6 Å². The van der Waals surface area contributed by atoms with E-state index in [2.05, 4.69) is 11.2 Å². The molecular weight excluding hydrogens is 256 g/mol. The first-order valence-corrected chi connectivity index (χ1v) is 7.31. The summed E-state index contributed by atoms with van der Waals surface area (Å²) >= 11 is 1.47. The minimum Gasteiger partial charge on any atom is -0.399 e. The van der Waals surface area contributed by atoms with Crippen LogP contribution in [0.3, 0.4) is 0 Å². The van der Waals surface area contributed by atoms with E-state index < -0.39 is 5.54 Å². The molecule has 102 valence electrons. The molecule has 3 N–H and O–H groups in total. The molecule has 0 spiro atoms. The maximum atomic E-state index is 11.9. The second-order valence-corrected chi connectivity index (χ2v) is 5.39. The lowest BCUT2D eigenvalue weighted by atomic mass is 9.94. The molecule has 0 aromatic heterocycles. The number of nitrogens with two attached hydrogens (primary N) is 1. The average molecular weight is 276 g/mol. The van der Waals surface area contributed by atoms with Crippen molar-refractivity contribution in [2.45, 2.75) is 37.1 Å². The third-order valence-electron chi connectivity index (χ3n) is 3.11. The van der Waals surface area contributed by atoms with Crippen LogP contribution in [-0.2, 0) is 4.79 Å². The van der Waals surface area contributed by atoms with Gasteiger partial charge in [-0.15, -0.1) is 18.2 Å². The molecule has 0 bridgehead atoms. The summed E-state index contributed by atoms with van der Waals surface area (Å²) in [6, 6.07) is 7.46. The largest absolute Gasteiger partial charge is 0.399 e. The molecule has 4 heteroatoms. The van der Waals surface area contributed by atoms with Gasteiger partial charge < -0.3 is 11.1 Å². The Morgan fingerprint density at radius 2 is 1.95 bits per heavy atom. The van der Waals surface area contributed by atoms with Gasteiger partial charge in [-0.1, -0.05) is 19.8 Å². The van der Waals surface area contributed by atoms with E-state index in [1.165, 1.54) is 11.8 Å². The molecule has 0 saturated carbocycles. The van der Waals surface area contributed by atoms with Gasteiger partial charge in [0.2, 0.25) is 5.91 Å². The van der Waals surface area contributed by atoms with Crippen LogP contribution in [0.25, 0.3) is 0 Å². The molecule has 0 atom stereocenters. The maximum absolute atomic E-state index is 11.9. The zero-order valence-electron chi connectivity index (χ0n) is 11.4. The van der Waals surface area contributed by atoms with Crippen LogP contribution in [0.5, 0.6) is 0 Å². The number of nitrogen functional groups attached to an aromatic ring is 1. The first-order chi connectivity index (χ1) is 9.05. The molecule has 0 saturated heterocycles. The summed E-state index contributed by atoms with van der Waals surface area (Å²) < 4.78 is 0. The van der Waals surface area contributed by atoms with E-state index in [4.69, 9.17) is 12.2 Å². The quantitative estimate of drug-likeness (QED) is 0.477. The van der Waals surface area contributed by atoms with Crippen molar-refractivity contribution in [3.8, 4) is 12.3 Å². The van der Waals surface area contributed by atoms with Crippen LogP contribution < -0.4 is 11.1 Å². The first kappa shape index (κ1) is 15.5. The van der Waals surface area contributed by atoms with Crippen LogP contribution in [0.1, 0.15) is 26.7 Å². The van der Waals surface area contributed by atoms with Crippen LogP contribution in [0.4, 0.5) is 5.69 Å². The minimum atomic E-state index is -0.515. The van der Waals surface area contributed by atoms with E-state index in [9.17, 15) is 4.79 Å². The molecule has 0 radical (unpaired) electrons. The van der Waals surface area contributed by atoms with Gasteiger partial charge in [-0.3, -0.25) is 4.79 Å². The van der Waals surface area contributed by atoms with Crippen molar-refractivity contribution in [1.29, 1.82) is 0 Å². The minimum absolute atomic E-state index is 0.0384. The predicted octanol–water partition coefficient (Wildman–Crippen LogP) is 2.67. The molecule has 19 heavy (non-hydrogen) atoms. The molecule has 0 aliphatic carbocycles. The molecule has 0 unspecified atom stereocenters. The predicted molar refractivity (Wildman–Crippen MR) is 81.9 cm³/mol. The summed E-state index contributed by atoms with van der Waals surface area (Å²) in [6.07, 6.45) is 6.98. The molecule has 1 aromatic carbocycles. The molecule has 1 amide bonds. The second-order valence-electron chi connectivity index (χ2n) is 4.34. The van der Waals surface area contributed by atoms with Crippen molar-refractivity contribution in [3.63, 3.8) is 0 Å². The number of nitrogens with one attached hydrogen (secondary N) is 1. The topological polar surface area (TPSA) is 55.1 Å². The van der Waals surface area contributed by atoms with Crippen molar-refractivity contribution in [2.75, 3.05) is 11.5 Å². The van der Waals surface area contributed by atoms with Crippen molar-refractivity contribution < 1.29 is 4.79 Å². The number of terminal acetylenes is 1. The van der Waals surface area contributed by atoms with E-state index >= 15 is 0 Å². The summed E-state index contributed by atoms with van der Waals surface area (Å²) in [7, 11) is 0. The summed E-state index contributed by atoms with van der Waals surface area (Å²) in [5.74, 6) is 3.01. The number of hydrogen-bond acceptors (Lipinski definition) is 3. The molecule has 0 fully saturated rings. The number of amides is 1. The maximum Gasteiger partial charge on any atom is 0.231 e. The second kappa shape index (κ2) is 7.10. The van der Waals surface area contributed by atoms with Crippen molar-refractivity contribution in [1.82, 2.24) is 5.32 Å². The highest BCUT2D eigenvalue weighted by Crippen LogP contribution is 2.20. The fourth-order valence-corrected chi connectivity index (χ4v) is 2.38. The third-order valence-corrected chi connectivity index (χ3v) is 4.12. The fourth-order valence-electron chi connectivity index (χ4n) is 1.68. The Hall–Kier alpha value is -1.60. The lowest BCUT2D eigenvalue weighted by molar-refractivity contribution is -0.119. The van der Waals surface area contributed by atoms with Gasteiger partial charge in [-0.25, -0.2) is 0 Å². The van der Waals surface area contributed by atoms with Crippen molar-refractivity contribution in [2.24, 2.45) is 0 Å². The smallest absolute Gasteiger partial charge is 0.231 e. The normalized spacial score (nSPS) is 10.8. The number of carbonyl (C=O) groups is 1. The van der Waals surface area contributed by atoms with Gasteiger partial charge in [0.15, 0.2) is 0 Å². The Labute approximate surface area is 119 Å². The lowest BCUT2D eigenvalue weighted by Gasteiger charge is -2.26. The molecule has 0 heterocycles. The van der Waals surface area contributed by atoms with Crippen molar-refractivity contribution >= 4 is 23.4 Å². The number of benzene rings is 1. The van der Waals surface area contributed by atoms with Gasteiger partial charge in [-0.05, 0) is 37.1 Å². The Balaban J connectivity index is 2.52. The van der Waals surface area contributed by atoms with E-state index in [0.717, 1.165) is 23.4 Å². The summed E-state index contributed by atoms with van der Waals surface area (Å²) in [5.41, 5.74) is 5.81. The monoisotopic (exact) mass is 276 g/mol. The lowest BCUT2D eigenvalue weighted by Crippen LogP contribution is -2.47. The number of thioether (sulfide) groups is 1. The zero-order valence-corrected chi connectivity index (χ0v) is 12.2. The van der Waals surface area contributed by atoms with Gasteiger partial charge in [0.1, 0.15) is 5.54 Å². The van der Waals surface area contributed by atoms with E-state index in [-0.39, 0.29) is 5.91 Å². The molecule has 0 aliphatic rings. The summed E-state index contributed by atoms with van der Waals surface area (Å²) in [6.45, 7) is 3.97. The van der Waals surface area contributed by atoms with Crippen molar-refractivity contribution in [3.05, 3.63) is 24.3 Å². The number of carbonyl (C=O) groups excluding carboxylic acids is 1. The first-order valence-electron chi connectivity index (χ1n) is 6.32. The third kappa shape index (κ3) is 4.53. The van der Waals surface area contributed by atoms with Crippen LogP contribution in [-0.4, -0.2) is 17.2 Å². The molecule has 1 aromatic rings. The highest BCUT2D eigenvalue weighted by Gasteiger charge is 2.24. The molecule has 0 aliphatic heterocycles. The standard InChI is InChI=1S/C15H20N2OS/c1-4-15(5-2,6-3)17-14(18)11-19-13-9-7-12(16)8-10-13/h1,7-10H,5-6,11,16H2,2-3H3,(H,17,18). The van der Waals surface area contributed by atoms with Gasteiger partial charge in [0.05, 0.1) is 5.75 Å². The van der Waals surface area contributed by atoms with Crippen LogP contribution in [0.15, 0.2) is 29.2 Å². The Kier molecular flexibility index (Phi) is 5.78. The van der Waals surface area contributed by atoms with Crippen LogP contribution in [0.2, 0.25) is 0 Å². The number of anilines is 1. The van der Waals surface area contributed by atoms with Gasteiger partial charge >= 0.3 is 0 Å². The van der Waals surface area contributed by atoms with E-state index in [1.807, 2.05) is 38.1 Å². The molecule has 3 nitrogen and oxygen atoms in total. The summed E-state index contributed by atoms with van der Waals surface area (Å²) in [5, 5.41) is 2.94. The van der Waals surface area contributed by atoms with Gasteiger partial charge in [0.25, 0.3) is 0 Å². The fraction of sp³-hybridized carbons (Fsp3) is 0.400. The van der Waals surface area contributed by atoms with E-state index in [1.54, 1.807) is 0 Å². The van der Waals surface area contributed by atoms with E-state index in [0.29, 0.717) is 5.75 Å². The SMILES string of the molecule is C#CC(CC)(CC)NC(=O)CSc1ccc(N)cc1. The highest BCUT2D eigenvalue weighted by atomic mass is 32.2. The summed E-state index contributed by atoms with van der Waals surface area (Å²) in [4.78, 5) is 12.9. The molecule has 1 rings (SSSR count). The average Bonchev–Trinajstić information content (AvgIpc) is 2.44.